The van der Waals surface area contributed by atoms with Gasteiger partial charge in [0.1, 0.15) is 0 Å². The first-order valence-electron chi connectivity index (χ1n) is 14.7. The molecule has 0 aromatic heterocycles. The highest BCUT2D eigenvalue weighted by Gasteiger charge is 2.32. The van der Waals surface area contributed by atoms with Crippen LogP contribution in [-0.4, -0.2) is 72.2 Å². The summed E-state index contributed by atoms with van der Waals surface area (Å²) in [7, 11) is 0. The molecule has 1 amide bonds. The van der Waals surface area contributed by atoms with Crippen molar-refractivity contribution in [2.75, 3.05) is 39.5 Å². The Hall–Kier alpha value is -3.35. The van der Waals surface area contributed by atoms with Crippen molar-refractivity contribution in [1.29, 1.82) is 0 Å². The Kier molecular flexibility index (Phi) is 7.81. The lowest BCUT2D eigenvalue weighted by Gasteiger charge is -2.45. The average molecular weight is 540 g/mol. The van der Waals surface area contributed by atoms with Crippen molar-refractivity contribution in [2.45, 2.75) is 58.7 Å². The van der Waals surface area contributed by atoms with Crippen LogP contribution in [0.2, 0.25) is 0 Å². The number of piperidine rings is 1. The van der Waals surface area contributed by atoms with Gasteiger partial charge >= 0.3 is 0 Å². The predicted molar refractivity (Wildman–Crippen MR) is 158 cm³/mol. The van der Waals surface area contributed by atoms with Gasteiger partial charge in [-0.3, -0.25) is 14.6 Å². The number of likely N-dealkylation sites (tertiary alicyclic amines) is 1. The van der Waals surface area contributed by atoms with Crippen molar-refractivity contribution >= 4 is 5.91 Å². The normalized spacial score (nSPS) is 20.2. The van der Waals surface area contributed by atoms with Crippen molar-refractivity contribution in [3.8, 4) is 11.5 Å². The molecule has 0 bridgehead atoms. The first kappa shape index (κ1) is 26.9. The Balaban J connectivity index is 0.982. The second-order valence-electron chi connectivity index (χ2n) is 11.8. The van der Waals surface area contributed by atoms with E-state index >= 15 is 0 Å². The number of carbonyl (C=O) groups is 1. The van der Waals surface area contributed by atoms with Crippen LogP contribution < -0.4 is 9.47 Å². The first-order valence-corrected chi connectivity index (χ1v) is 14.7. The van der Waals surface area contributed by atoms with Gasteiger partial charge in [0.05, 0.1) is 0 Å². The Bertz CT molecular complexity index is 1330. The number of fused-ring (bicyclic) bond motifs is 1. The van der Waals surface area contributed by atoms with Crippen molar-refractivity contribution in [3.05, 3.63) is 94.0 Å². The quantitative estimate of drug-likeness (QED) is 0.418. The maximum absolute atomic E-state index is 13.2. The second kappa shape index (κ2) is 11.6. The molecular weight excluding hydrogens is 498 g/mol. The smallest absolute Gasteiger partial charge is 0.254 e. The lowest BCUT2D eigenvalue weighted by atomic mass is 9.97. The van der Waals surface area contributed by atoms with E-state index in [-0.39, 0.29) is 5.91 Å². The van der Waals surface area contributed by atoms with Crippen LogP contribution in [0.1, 0.15) is 57.9 Å². The number of piperazine rings is 1. The third-order valence-electron chi connectivity index (χ3n) is 9.01. The summed E-state index contributed by atoms with van der Waals surface area (Å²) in [6.45, 7) is 12.7. The summed E-state index contributed by atoms with van der Waals surface area (Å²) in [5.74, 6) is 1.88. The maximum atomic E-state index is 13.2. The molecule has 40 heavy (non-hydrogen) atoms. The van der Waals surface area contributed by atoms with E-state index in [4.69, 9.17) is 9.47 Å². The lowest BCUT2D eigenvalue weighted by molar-refractivity contribution is 0.0259. The Morgan fingerprint density at radius 3 is 2.23 bits per heavy atom. The Morgan fingerprint density at radius 1 is 0.825 bits per heavy atom. The van der Waals surface area contributed by atoms with Crippen LogP contribution in [0, 0.1) is 13.8 Å². The summed E-state index contributed by atoms with van der Waals surface area (Å²) < 4.78 is 11.0. The second-order valence-corrected chi connectivity index (χ2v) is 11.8. The lowest BCUT2D eigenvalue weighted by Crippen LogP contribution is -2.56. The van der Waals surface area contributed by atoms with E-state index in [0.717, 1.165) is 86.7 Å². The summed E-state index contributed by atoms with van der Waals surface area (Å²) in [5, 5.41) is 0. The summed E-state index contributed by atoms with van der Waals surface area (Å²) in [6.07, 6.45) is 3.02. The number of nitrogens with zero attached hydrogens (tertiary/aromatic N) is 3. The average Bonchev–Trinajstić information content (AvgIpc) is 3.43. The summed E-state index contributed by atoms with van der Waals surface area (Å²) in [5.41, 5.74) is 6.97. The molecule has 2 fully saturated rings. The maximum Gasteiger partial charge on any atom is 0.254 e. The Labute approximate surface area is 238 Å². The van der Waals surface area contributed by atoms with Gasteiger partial charge in [-0.25, -0.2) is 0 Å². The van der Waals surface area contributed by atoms with E-state index in [1.165, 1.54) is 16.7 Å². The molecule has 210 valence electrons. The zero-order valence-corrected chi connectivity index (χ0v) is 24.1. The van der Waals surface area contributed by atoms with Crippen LogP contribution in [-0.2, 0) is 13.0 Å². The van der Waals surface area contributed by atoms with E-state index in [9.17, 15) is 4.79 Å². The van der Waals surface area contributed by atoms with Gasteiger partial charge in [-0.15, -0.1) is 0 Å². The van der Waals surface area contributed by atoms with Gasteiger partial charge in [-0.2, -0.15) is 0 Å². The topological polar surface area (TPSA) is 45.3 Å². The van der Waals surface area contributed by atoms with Gasteiger partial charge in [0.25, 0.3) is 5.91 Å². The van der Waals surface area contributed by atoms with Gasteiger partial charge in [0.15, 0.2) is 11.5 Å². The van der Waals surface area contributed by atoms with E-state index < -0.39 is 0 Å². The number of ether oxygens (including phenoxy) is 2. The van der Waals surface area contributed by atoms with E-state index in [2.05, 4.69) is 58.0 Å². The zero-order valence-electron chi connectivity index (χ0n) is 24.1. The fourth-order valence-electron chi connectivity index (χ4n) is 6.62. The van der Waals surface area contributed by atoms with Gasteiger partial charge in [0.2, 0.25) is 6.79 Å². The standard InChI is InChI=1S/C34H41N3O3/c1-24-5-4-6-25(2)33(24)34(38)35-15-13-30(14-16-35)37-18-17-36(26(3)21-37)22-28-9-7-27(8-10-28)19-29-11-12-31-32(20-29)40-23-39-31/h4-12,20,26,30H,13-19,21-23H2,1-3H3/t26-/m0/s1. The molecule has 1 atom stereocenters. The molecule has 2 saturated heterocycles. The minimum atomic E-state index is 0.203. The Morgan fingerprint density at radius 2 is 1.50 bits per heavy atom. The van der Waals surface area contributed by atoms with Crippen molar-refractivity contribution in [1.82, 2.24) is 14.7 Å². The van der Waals surface area contributed by atoms with Crippen LogP contribution in [0.4, 0.5) is 0 Å². The number of amides is 1. The molecule has 0 spiro atoms. The number of rotatable bonds is 6. The minimum Gasteiger partial charge on any atom is -0.454 e. The largest absolute Gasteiger partial charge is 0.454 e. The molecule has 0 saturated carbocycles. The molecule has 3 aliphatic heterocycles. The summed E-state index contributed by atoms with van der Waals surface area (Å²) in [6, 6.07) is 22.5. The fourth-order valence-corrected chi connectivity index (χ4v) is 6.62. The van der Waals surface area contributed by atoms with Crippen LogP contribution in [0.5, 0.6) is 11.5 Å². The molecular formula is C34H41N3O3. The van der Waals surface area contributed by atoms with E-state index in [0.29, 0.717) is 18.9 Å². The van der Waals surface area contributed by atoms with Gasteiger partial charge in [0, 0.05) is 56.9 Å². The molecule has 3 heterocycles. The summed E-state index contributed by atoms with van der Waals surface area (Å²) >= 11 is 0. The summed E-state index contributed by atoms with van der Waals surface area (Å²) in [4.78, 5) is 20.6. The number of carbonyl (C=O) groups excluding carboxylic acids is 1. The van der Waals surface area contributed by atoms with Crippen LogP contribution in [0.3, 0.4) is 0 Å². The monoisotopic (exact) mass is 539 g/mol. The van der Waals surface area contributed by atoms with E-state index in [1.807, 2.05) is 38.1 Å². The molecule has 0 aliphatic carbocycles. The highest BCUT2D eigenvalue weighted by molar-refractivity contribution is 5.97. The number of benzene rings is 3. The minimum absolute atomic E-state index is 0.203. The molecule has 6 rings (SSSR count). The highest BCUT2D eigenvalue weighted by Crippen LogP contribution is 2.33. The van der Waals surface area contributed by atoms with Crippen molar-refractivity contribution in [2.24, 2.45) is 0 Å². The molecule has 3 aliphatic rings. The molecule has 3 aromatic carbocycles. The molecule has 3 aromatic rings. The van der Waals surface area contributed by atoms with Crippen molar-refractivity contribution in [3.63, 3.8) is 0 Å². The number of hydrogen-bond donors (Lipinski definition) is 0. The predicted octanol–water partition coefficient (Wildman–Crippen LogP) is 5.43. The van der Waals surface area contributed by atoms with Crippen LogP contribution >= 0.6 is 0 Å². The number of aryl methyl sites for hydroxylation is 2. The first-order chi connectivity index (χ1) is 19.4. The molecule has 6 heteroatoms. The molecule has 0 unspecified atom stereocenters. The molecule has 6 nitrogen and oxygen atoms in total. The molecule has 0 radical (unpaired) electrons. The zero-order chi connectivity index (χ0) is 27.6. The third-order valence-corrected chi connectivity index (χ3v) is 9.01. The third kappa shape index (κ3) is 5.74. The SMILES string of the molecule is Cc1cccc(C)c1C(=O)N1CCC(N2CCN(Cc3ccc(Cc4ccc5c(c4)OCO5)cc3)[C@@H](C)C2)CC1. The van der Waals surface area contributed by atoms with Crippen LogP contribution in [0.25, 0.3) is 0 Å². The van der Waals surface area contributed by atoms with Gasteiger partial charge < -0.3 is 14.4 Å². The molecule has 0 N–H and O–H groups in total. The van der Waals surface area contributed by atoms with Crippen LogP contribution in [0.15, 0.2) is 60.7 Å². The van der Waals surface area contributed by atoms with Gasteiger partial charge in [-0.1, -0.05) is 48.5 Å². The number of hydrogen-bond acceptors (Lipinski definition) is 5. The van der Waals surface area contributed by atoms with Crippen molar-refractivity contribution < 1.29 is 14.3 Å². The van der Waals surface area contributed by atoms with E-state index in [1.54, 1.807) is 0 Å². The highest BCUT2D eigenvalue weighted by atomic mass is 16.7. The fraction of sp³-hybridized carbons (Fsp3) is 0.441. The van der Waals surface area contributed by atoms with Gasteiger partial charge in [-0.05, 0) is 80.0 Å².